The molecule has 0 N–H and O–H groups in total. The molecular weight excluding hydrogens is 232 g/mol. The molecule has 1 unspecified atom stereocenters. The zero-order valence-electron chi connectivity index (χ0n) is 14.4. The predicted molar refractivity (Wildman–Crippen MR) is 83.1 cm³/mol. The number of hydrogen-bond donors (Lipinski definition) is 0. The molecule has 1 heteroatoms. The number of ketones is 1. The van der Waals surface area contributed by atoms with E-state index in [4.69, 9.17) is 0 Å². The largest absolute Gasteiger partial charge is 0.300 e. The highest BCUT2D eigenvalue weighted by Gasteiger charge is 2.52. The minimum atomic E-state index is 0.119. The summed E-state index contributed by atoms with van der Waals surface area (Å²) in [6, 6.07) is 0. The lowest BCUT2D eigenvalue weighted by molar-refractivity contribution is -0.124. The van der Waals surface area contributed by atoms with Crippen LogP contribution in [0.25, 0.3) is 0 Å². The van der Waals surface area contributed by atoms with Crippen molar-refractivity contribution >= 4 is 5.78 Å². The zero-order valence-corrected chi connectivity index (χ0v) is 14.4. The highest BCUT2D eigenvalue weighted by atomic mass is 16.1. The number of carbonyl (C=O) groups is 1. The van der Waals surface area contributed by atoms with Gasteiger partial charge in [0.25, 0.3) is 0 Å². The first-order chi connectivity index (χ1) is 8.39. The highest BCUT2D eigenvalue weighted by molar-refractivity contribution is 5.79. The zero-order chi connectivity index (χ0) is 15.1. The third-order valence-electron chi connectivity index (χ3n) is 5.61. The Kier molecular flexibility index (Phi) is 4.59. The minimum absolute atomic E-state index is 0.119. The summed E-state index contributed by atoms with van der Waals surface area (Å²) in [5.74, 6) is 1.92. The molecule has 1 nitrogen and oxygen atoms in total. The van der Waals surface area contributed by atoms with Gasteiger partial charge in [0.2, 0.25) is 0 Å². The molecule has 0 aromatic rings. The van der Waals surface area contributed by atoms with E-state index in [1.165, 1.54) is 12.8 Å². The van der Waals surface area contributed by atoms with Crippen molar-refractivity contribution in [3.63, 3.8) is 0 Å². The second kappa shape index (κ2) is 5.22. The molecule has 0 radical (unpaired) electrons. The fraction of sp³-hybridized carbons (Fsp3) is 0.944. The normalized spacial score (nSPS) is 30.9. The maximum absolute atomic E-state index is 12.4. The Balaban J connectivity index is 2.80. The van der Waals surface area contributed by atoms with Crippen LogP contribution in [-0.4, -0.2) is 5.78 Å². The molecular formula is C18H34O. The molecule has 112 valence electrons. The summed E-state index contributed by atoms with van der Waals surface area (Å²) in [7, 11) is 0. The molecule has 1 aliphatic rings. The molecule has 0 amide bonds. The van der Waals surface area contributed by atoms with Crippen LogP contribution in [0.2, 0.25) is 0 Å². The predicted octanol–water partition coefficient (Wildman–Crippen LogP) is 5.48. The van der Waals surface area contributed by atoms with Gasteiger partial charge in [0, 0.05) is 12.8 Å². The summed E-state index contributed by atoms with van der Waals surface area (Å²) in [6.07, 6.45) is 3.97. The van der Waals surface area contributed by atoms with E-state index in [-0.39, 0.29) is 16.2 Å². The first kappa shape index (κ1) is 16.7. The second-order valence-corrected chi connectivity index (χ2v) is 9.12. The third kappa shape index (κ3) is 3.61. The standard InChI is InChI=1S/C18H34O/c1-13(2)15-9-10-18(8,17(15,6)7)12-14(19)11-16(3,4)5/h13,15H,9-12H2,1-8H3/t15?,18-/m1/s1. The number of rotatable bonds is 4. The first-order valence-corrected chi connectivity index (χ1v) is 7.91. The van der Waals surface area contributed by atoms with Gasteiger partial charge in [-0.1, -0.05) is 55.4 Å². The van der Waals surface area contributed by atoms with Gasteiger partial charge in [0.15, 0.2) is 0 Å². The van der Waals surface area contributed by atoms with Crippen LogP contribution in [0, 0.1) is 28.1 Å². The Morgan fingerprint density at radius 2 is 1.74 bits per heavy atom. The van der Waals surface area contributed by atoms with Gasteiger partial charge >= 0.3 is 0 Å². The Morgan fingerprint density at radius 1 is 1.21 bits per heavy atom. The van der Waals surface area contributed by atoms with Crippen molar-refractivity contribution in [3.05, 3.63) is 0 Å². The van der Waals surface area contributed by atoms with E-state index in [1.807, 2.05) is 0 Å². The lowest BCUT2D eigenvalue weighted by Crippen LogP contribution is -2.38. The molecule has 19 heavy (non-hydrogen) atoms. The molecule has 0 saturated heterocycles. The van der Waals surface area contributed by atoms with Crippen LogP contribution in [0.3, 0.4) is 0 Å². The summed E-state index contributed by atoms with van der Waals surface area (Å²) in [5, 5.41) is 0. The van der Waals surface area contributed by atoms with Gasteiger partial charge in [0.1, 0.15) is 5.78 Å². The Labute approximate surface area is 120 Å². The molecule has 0 bridgehead atoms. The summed E-state index contributed by atoms with van der Waals surface area (Å²) in [6.45, 7) is 18.2. The summed E-state index contributed by atoms with van der Waals surface area (Å²) in [4.78, 5) is 12.4. The molecule has 1 fully saturated rings. The smallest absolute Gasteiger partial charge is 0.133 e. The maximum Gasteiger partial charge on any atom is 0.133 e. The molecule has 0 aromatic carbocycles. The van der Waals surface area contributed by atoms with Gasteiger partial charge in [-0.15, -0.1) is 0 Å². The third-order valence-corrected chi connectivity index (χ3v) is 5.61. The first-order valence-electron chi connectivity index (χ1n) is 7.91. The topological polar surface area (TPSA) is 17.1 Å². The van der Waals surface area contributed by atoms with Crippen molar-refractivity contribution in [2.24, 2.45) is 28.1 Å². The molecule has 0 heterocycles. The van der Waals surface area contributed by atoms with E-state index in [2.05, 4.69) is 55.4 Å². The molecule has 2 atom stereocenters. The van der Waals surface area contributed by atoms with Crippen molar-refractivity contribution in [2.45, 2.75) is 81.1 Å². The van der Waals surface area contributed by atoms with Crippen molar-refractivity contribution < 1.29 is 4.79 Å². The molecule has 1 aliphatic carbocycles. The molecule has 0 aliphatic heterocycles. The molecule has 0 spiro atoms. The fourth-order valence-electron chi connectivity index (χ4n) is 4.18. The maximum atomic E-state index is 12.4. The van der Waals surface area contributed by atoms with Crippen molar-refractivity contribution in [2.75, 3.05) is 0 Å². The van der Waals surface area contributed by atoms with E-state index in [9.17, 15) is 4.79 Å². The second-order valence-electron chi connectivity index (χ2n) is 9.12. The SMILES string of the molecule is CC(C)C1CC[C@](C)(CC(=O)CC(C)(C)C)C1(C)C. The summed E-state index contributed by atoms with van der Waals surface area (Å²) < 4.78 is 0. The Bertz CT molecular complexity index is 332. The van der Waals surface area contributed by atoms with Crippen molar-refractivity contribution in [3.8, 4) is 0 Å². The monoisotopic (exact) mass is 266 g/mol. The van der Waals surface area contributed by atoms with Gasteiger partial charge in [-0.3, -0.25) is 4.79 Å². The number of Topliss-reactive ketones (excluding diaryl/α,β-unsaturated/α-hetero) is 1. The summed E-state index contributed by atoms with van der Waals surface area (Å²) in [5.41, 5.74) is 0.576. The van der Waals surface area contributed by atoms with E-state index in [0.717, 1.165) is 18.3 Å². The van der Waals surface area contributed by atoms with Crippen molar-refractivity contribution in [1.82, 2.24) is 0 Å². The number of hydrogen-bond acceptors (Lipinski definition) is 1. The van der Waals surface area contributed by atoms with Gasteiger partial charge < -0.3 is 0 Å². The van der Waals surface area contributed by atoms with Crippen LogP contribution in [0.5, 0.6) is 0 Å². The summed E-state index contributed by atoms with van der Waals surface area (Å²) >= 11 is 0. The Hall–Kier alpha value is -0.330. The van der Waals surface area contributed by atoms with Crippen molar-refractivity contribution in [1.29, 1.82) is 0 Å². The lowest BCUT2D eigenvalue weighted by Gasteiger charge is -2.43. The molecule has 1 saturated carbocycles. The van der Waals surface area contributed by atoms with Gasteiger partial charge in [-0.05, 0) is 40.9 Å². The average molecular weight is 266 g/mol. The van der Waals surface area contributed by atoms with Crippen LogP contribution >= 0.6 is 0 Å². The van der Waals surface area contributed by atoms with Crippen LogP contribution in [-0.2, 0) is 4.79 Å². The fourth-order valence-corrected chi connectivity index (χ4v) is 4.18. The Morgan fingerprint density at radius 3 is 2.11 bits per heavy atom. The van der Waals surface area contributed by atoms with Crippen LogP contribution in [0.15, 0.2) is 0 Å². The van der Waals surface area contributed by atoms with Gasteiger partial charge in [-0.2, -0.15) is 0 Å². The molecule has 0 aromatic heterocycles. The van der Waals surface area contributed by atoms with E-state index >= 15 is 0 Å². The van der Waals surface area contributed by atoms with Crippen LogP contribution < -0.4 is 0 Å². The lowest BCUT2D eigenvalue weighted by atomic mass is 9.61. The van der Waals surface area contributed by atoms with Crippen LogP contribution in [0.4, 0.5) is 0 Å². The van der Waals surface area contributed by atoms with E-state index in [0.29, 0.717) is 12.2 Å². The van der Waals surface area contributed by atoms with E-state index in [1.54, 1.807) is 0 Å². The highest BCUT2D eigenvalue weighted by Crippen LogP contribution is 2.59. The average Bonchev–Trinajstić information content (AvgIpc) is 2.33. The van der Waals surface area contributed by atoms with Gasteiger partial charge in [-0.25, -0.2) is 0 Å². The molecule has 1 rings (SSSR count). The minimum Gasteiger partial charge on any atom is -0.300 e. The number of carbonyl (C=O) groups excluding carboxylic acids is 1. The van der Waals surface area contributed by atoms with E-state index < -0.39 is 0 Å². The van der Waals surface area contributed by atoms with Crippen LogP contribution in [0.1, 0.15) is 81.1 Å². The van der Waals surface area contributed by atoms with Gasteiger partial charge in [0.05, 0.1) is 0 Å². The quantitative estimate of drug-likeness (QED) is 0.658.